The van der Waals surface area contributed by atoms with Crippen molar-refractivity contribution in [3.63, 3.8) is 0 Å². The molecule has 84 valence electrons. The SMILES string of the molecule is CCOC(=O)C(=O)OC(=O)C(=O)OCC. The van der Waals surface area contributed by atoms with Crippen LogP contribution < -0.4 is 0 Å². The molecule has 7 heteroatoms. The molecule has 0 fully saturated rings. The number of hydrogen-bond donors (Lipinski definition) is 0. The predicted octanol–water partition coefficient (Wildman–Crippen LogP) is -0.818. The highest BCUT2D eigenvalue weighted by Crippen LogP contribution is 1.89. The van der Waals surface area contributed by atoms with Gasteiger partial charge in [0.05, 0.1) is 13.2 Å². The van der Waals surface area contributed by atoms with Crippen LogP contribution in [0.3, 0.4) is 0 Å². The minimum atomic E-state index is -1.55. The fourth-order valence-electron chi connectivity index (χ4n) is 0.548. The van der Waals surface area contributed by atoms with E-state index >= 15 is 0 Å². The minimum absolute atomic E-state index is 0.0401. The van der Waals surface area contributed by atoms with Gasteiger partial charge in [0.25, 0.3) is 0 Å². The molecular weight excluding hydrogens is 208 g/mol. The Morgan fingerprint density at radius 1 is 0.733 bits per heavy atom. The summed E-state index contributed by atoms with van der Waals surface area (Å²) < 4.78 is 12.3. The summed E-state index contributed by atoms with van der Waals surface area (Å²) in [7, 11) is 0. The topological polar surface area (TPSA) is 96.0 Å². The largest absolute Gasteiger partial charge is 0.458 e. The van der Waals surface area contributed by atoms with Crippen molar-refractivity contribution in [2.45, 2.75) is 13.8 Å². The molecule has 0 aliphatic heterocycles. The van der Waals surface area contributed by atoms with Gasteiger partial charge in [-0.2, -0.15) is 0 Å². The highest BCUT2D eigenvalue weighted by Gasteiger charge is 2.26. The van der Waals surface area contributed by atoms with E-state index in [4.69, 9.17) is 0 Å². The Kier molecular flexibility index (Phi) is 5.69. The summed E-state index contributed by atoms with van der Waals surface area (Å²) in [6, 6.07) is 0. The van der Waals surface area contributed by atoms with Gasteiger partial charge in [-0.15, -0.1) is 0 Å². The molecule has 0 atom stereocenters. The number of carbonyl (C=O) groups is 4. The zero-order valence-corrected chi connectivity index (χ0v) is 8.27. The second kappa shape index (κ2) is 6.52. The van der Waals surface area contributed by atoms with Gasteiger partial charge in [0.15, 0.2) is 0 Å². The zero-order valence-electron chi connectivity index (χ0n) is 8.27. The fourth-order valence-corrected chi connectivity index (χ4v) is 0.548. The highest BCUT2D eigenvalue weighted by atomic mass is 16.6. The van der Waals surface area contributed by atoms with Crippen molar-refractivity contribution in [2.24, 2.45) is 0 Å². The van der Waals surface area contributed by atoms with E-state index in [1.165, 1.54) is 13.8 Å². The number of carbonyl (C=O) groups excluding carboxylic acids is 4. The van der Waals surface area contributed by atoms with Crippen molar-refractivity contribution in [3.05, 3.63) is 0 Å². The molecule has 0 aromatic rings. The van der Waals surface area contributed by atoms with Crippen molar-refractivity contribution >= 4 is 23.9 Å². The highest BCUT2D eigenvalue weighted by molar-refractivity contribution is 6.38. The molecule has 0 aromatic heterocycles. The molecule has 0 saturated carbocycles. The first kappa shape index (κ1) is 13.1. The lowest BCUT2D eigenvalue weighted by atomic mass is 10.6. The fraction of sp³-hybridized carbons (Fsp3) is 0.500. The van der Waals surface area contributed by atoms with Crippen molar-refractivity contribution in [1.29, 1.82) is 0 Å². The second-order valence-corrected chi connectivity index (χ2v) is 2.12. The first-order valence-electron chi connectivity index (χ1n) is 4.12. The van der Waals surface area contributed by atoms with Crippen LogP contribution in [-0.2, 0) is 33.4 Å². The number of ether oxygens (including phenoxy) is 3. The molecule has 0 rings (SSSR count). The van der Waals surface area contributed by atoms with E-state index in [1.807, 2.05) is 0 Å². The summed E-state index contributed by atoms with van der Waals surface area (Å²) in [5.41, 5.74) is 0. The molecule has 0 radical (unpaired) electrons. The number of esters is 4. The zero-order chi connectivity index (χ0) is 11.8. The van der Waals surface area contributed by atoms with Gasteiger partial charge in [0, 0.05) is 0 Å². The van der Waals surface area contributed by atoms with E-state index in [0.717, 1.165) is 0 Å². The van der Waals surface area contributed by atoms with Crippen molar-refractivity contribution in [1.82, 2.24) is 0 Å². The normalized spacial score (nSPS) is 8.93. The molecule has 0 spiro atoms. The van der Waals surface area contributed by atoms with Gasteiger partial charge in [-0.1, -0.05) is 0 Å². The van der Waals surface area contributed by atoms with Gasteiger partial charge in [-0.25, -0.2) is 19.2 Å². The van der Waals surface area contributed by atoms with E-state index in [-0.39, 0.29) is 13.2 Å². The first-order chi connectivity index (χ1) is 7.02. The van der Waals surface area contributed by atoms with E-state index in [9.17, 15) is 19.2 Å². The average Bonchev–Trinajstić information content (AvgIpc) is 2.18. The van der Waals surface area contributed by atoms with Crippen LogP contribution in [0.5, 0.6) is 0 Å². The van der Waals surface area contributed by atoms with Gasteiger partial charge in [0.1, 0.15) is 0 Å². The lowest BCUT2D eigenvalue weighted by molar-refractivity contribution is -0.179. The minimum Gasteiger partial charge on any atom is -0.458 e. The molecule has 0 aromatic carbocycles. The summed E-state index contributed by atoms with van der Waals surface area (Å²) >= 11 is 0. The molecule has 15 heavy (non-hydrogen) atoms. The number of rotatable bonds is 2. The van der Waals surface area contributed by atoms with Gasteiger partial charge in [-0.3, -0.25) is 0 Å². The predicted molar refractivity (Wildman–Crippen MR) is 44.4 cm³/mol. The quantitative estimate of drug-likeness (QED) is 0.258. The maximum atomic E-state index is 10.7. The van der Waals surface area contributed by atoms with Crippen LogP contribution in [0.15, 0.2) is 0 Å². The molecule has 0 unspecified atom stereocenters. The maximum Gasteiger partial charge on any atom is 0.425 e. The van der Waals surface area contributed by atoms with Gasteiger partial charge < -0.3 is 14.2 Å². The lowest BCUT2D eigenvalue weighted by Gasteiger charge is -2.01. The molecule has 0 aliphatic rings. The van der Waals surface area contributed by atoms with Crippen LogP contribution in [0.4, 0.5) is 0 Å². The monoisotopic (exact) mass is 218 g/mol. The van der Waals surface area contributed by atoms with Crippen molar-refractivity contribution < 1.29 is 33.4 Å². The Labute approximate surface area is 85.3 Å². The molecule has 0 amide bonds. The molecule has 0 heterocycles. The smallest absolute Gasteiger partial charge is 0.425 e. The van der Waals surface area contributed by atoms with E-state index < -0.39 is 23.9 Å². The van der Waals surface area contributed by atoms with Crippen LogP contribution in [0.25, 0.3) is 0 Å². The average molecular weight is 218 g/mol. The number of hydrogen-bond acceptors (Lipinski definition) is 7. The van der Waals surface area contributed by atoms with Crippen LogP contribution in [0.1, 0.15) is 13.8 Å². The van der Waals surface area contributed by atoms with E-state index in [0.29, 0.717) is 0 Å². The molecule has 0 saturated heterocycles. The Morgan fingerprint density at radius 2 is 1.07 bits per heavy atom. The van der Waals surface area contributed by atoms with Crippen LogP contribution >= 0.6 is 0 Å². The van der Waals surface area contributed by atoms with Gasteiger partial charge in [0.2, 0.25) is 0 Å². The van der Waals surface area contributed by atoms with Gasteiger partial charge >= 0.3 is 23.9 Å². The Bertz CT molecular complexity index is 253. The second-order valence-electron chi connectivity index (χ2n) is 2.12. The third-order valence-corrected chi connectivity index (χ3v) is 1.07. The summed E-state index contributed by atoms with van der Waals surface area (Å²) in [5.74, 6) is -5.77. The third kappa shape index (κ3) is 4.75. The van der Waals surface area contributed by atoms with Crippen molar-refractivity contribution in [3.8, 4) is 0 Å². The molecule has 0 bridgehead atoms. The van der Waals surface area contributed by atoms with Crippen LogP contribution in [0, 0.1) is 0 Å². The van der Waals surface area contributed by atoms with Crippen molar-refractivity contribution in [2.75, 3.05) is 13.2 Å². The van der Waals surface area contributed by atoms with E-state index in [2.05, 4.69) is 14.2 Å². The van der Waals surface area contributed by atoms with Gasteiger partial charge in [-0.05, 0) is 13.8 Å². The molecule has 0 N–H and O–H groups in total. The summed E-state index contributed by atoms with van der Waals surface area (Å²) in [6.45, 7) is 2.86. The van der Waals surface area contributed by atoms with Crippen LogP contribution in [0.2, 0.25) is 0 Å². The lowest BCUT2D eigenvalue weighted by Crippen LogP contribution is -2.28. The standard InChI is InChI=1S/C8H10O7/c1-3-13-5(9)7(11)15-8(12)6(10)14-4-2/h3-4H2,1-2H3. The Morgan fingerprint density at radius 3 is 1.33 bits per heavy atom. The van der Waals surface area contributed by atoms with Crippen LogP contribution in [-0.4, -0.2) is 37.1 Å². The summed E-state index contributed by atoms with van der Waals surface area (Å²) in [5, 5.41) is 0. The third-order valence-electron chi connectivity index (χ3n) is 1.07. The Hall–Kier alpha value is -1.92. The van der Waals surface area contributed by atoms with E-state index in [1.54, 1.807) is 0 Å². The Balaban J connectivity index is 4.12. The maximum absolute atomic E-state index is 10.7. The summed E-state index contributed by atoms with van der Waals surface area (Å²) in [6.07, 6.45) is 0. The summed E-state index contributed by atoms with van der Waals surface area (Å²) in [4.78, 5) is 42.8. The molecule has 0 aliphatic carbocycles. The first-order valence-corrected chi connectivity index (χ1v) is 4.12. The molecule has 7 nitrogen and oxygen atoms in total. The molecular formula is C8H10O7.